The number of aromatic nitrogens is 2. The maximum atomic E-state index is 12.8. The van der Waals surface area contributed by atoms with Gasteiger partial charge in [0.05, 0.1) is 11.1 Å². The zero-order chi connectivity index (χ0) is 19.1. The molecule has 2 N–H and O–H groups in total. The highest BCUT2D eigenvalue weighted by Gasteiger charge is 2.24. The minimum absolute atomic E-state index is 0.138. The van der Waals surface area contributed by atoms with Crippen molar-refractivity contribution in [3.8, 4) is 5.75 Å². The number of benzene rings is 2. The summed E-state index contributed by atoms with van der Waals surface area (Å²) in [7, 11) is 1.50. The first-order valence-electron chi connectivity index (χ1n) is 8.33. The van der Waals surface area contributed by atoms with Crippen LogP contribution in [0.25, 0.3) is 10.8 Å². The monoisotopic (exact) mass is 364 g/mol. The minimum atomic E-state index is -0.570. The minimum Gasteiger partial charge on any atom is -0.479 e. The average molecular weight is 364 g/mol. The predicted molar refractivity (Wildman–Crippen MR) is 100 cm³/mol. The number of carbonyl (C=O) groups excluding carboxylic acids is 2. The molecule has 2 heterocycles. The summed E-state index contributed by atoms with van der Waals surface area (Å²) in [4.78, 5) is 36.7. The number of aryl methyl sites for hydroxylation is 1. The van der Waals surface area contributed by atoms with Crippen molar-refractivity contribution in [3.05, 3.63) is 58.5 Å². The molecule has 0 radical (unpaired) electrons. The Labute approximate surface area is 153 Å². The number of nitrogens with zero attached hydrogens (tertiary/aromatic N) is 2. The van der Waals surface area contributed by atoms with Crippen LogP contribution < -0.4 is 20.9 Å². The molecule has 0 aliphatic carbocycles. The fraction of sp³-hybridized carbons (Fsp3) is 0.158. The zero-order valence-corrected chi connectivity index (χ0v) is 14.6. The summed E-state index contributed by atoms with van der Waals surface area (Å²) in [5.74, 6) is -0.180. The number of rotatable bonds is 2. The lowest BCUT2D eigenvalue weighted by atomic mass is 10.1. The van der Waals surface area contributed by atoms with Crippen LogP contribution in [0.4, 0.5) is 11.4 Å². The number of fused-ring (bicyclic) bond motifs is 2. The van der Waals surface area contributed by atoms with Crippen molar-refractivity contribution in [2.45, 2.75) is 13.0 Å². The number of anilines is 2. The van der Waals surface area contributed by atoms with E-state index < -0.39 is 12.0 Å². The van der Waals surface area contributed by atoms with Crippen molar-refractivity contribution < 1.29 is 14.3 Å². The summed E-state index contributed by atoms with van der Waals surface area (Å²) in [6.45, 7) is 1.66. The number of ether oxygens (including phenoxy) is 1. The molecular formula is C19H16N4O4. The van der Waals surface area contributed by atoms with Crippen LogP contribution in [0.15, 0.2) is 47.3 Å². The van der Waals surface area contributed by atoms with Crippen molar-refractivity contribution in [2.24, 2.45) is 7.05 Å². The van der Waals surface area contributed by atoms with E-state index in [-0.39, 0.29) is 17.2 Å². The smallest absolute Gasteiger partial charge is 0.276 e. The molecule has 0 spiro atoms. The lowest BCUT2D eigenvalue weighted by Crippen LogP contribution is -2.34. The van der Waals surface area contributed by atoms with E-state index in [1.54, 1.807) is 49.4 Å². The second kappa shape index (κ2) is 6.24. The largest absolute Gasteiger partial charge is 0.479 e. The van der Waals surface area contributed by atoms with E-state index in [1.807, 2.05) is 0 Å². The van der Waals surface area contributed by atoms with Gasteiger partial charge in [-0.05, 0) is 31.2 Å². The maximum absolute atomic E-state index is 12.8. The summed E-state index contributed by atoms with van der Waals surface area (Å²) >= 11 is 0. The van der Waals surface area contributed by atoms with Gasteiger partial charge in [-0.2, -0.15) is 5.10 Å². The van der Waals surface area contributed by atoms with Gasteiger partial charge in [0, 0.05) is 18.1 Å². The van der Waals surface area contributed by atoms with Gasteiger partial charge in [0.1, 0.15) is 5.75 Å². The van der Waals surface area contributed by atoms with Crippen LogP contribution in [0.1, 0.15) is 17.4 Å². The van der Waals surface area contributed by atoms with Crippen LogP contribution in [0.5, 0.6) is 5.75 Å². The van der Waals surface area contributed by atoms with E-state index in [4.69, 9.17) is 4.74 Å². The van der Waals surface area contributed by atoms with Crippen LogP contribution in [-0.2, 0) is 11.8 Å². The summed E-state index contributed by atoms with van der Waals surface area (Å²) in [6, 6.07) is 11.8. The molecule has 2 aromatic carbocycles. The van der Waals surface area contributed by atoms with Crippen molar-refractivity contribution in [1.29, 1.82) is 0 Å². The number of amides is 2. The molecule has 0 saturated carbocycles. The van der Waals surface area contributed by atoms with Gasteiger partial charge >= 0.3 is 0 Å². The molecule has 1 aliphatic rings. The third-order valence-electron chi connectivity index (χ3n) is 4.34. The molecule has 0 unspecified atom stereocenters. The Hall–Kier alpha value is -3.68. The first-order chi connectivity index (χ1) is 12.9. The summed E-state index contributed by atoms with van der Waals surface area (Å²) in [5, 5.41) is 10.5. The third-order valence-corrected chi connectivity index (χ3v) is 4.34. The molecule has 1 aromatic heterocycles. The maximum Gasteiger partial charge on any atom is 0.276 e. The lowest BCUT2D eigenvalue weighted by Gasteiger charge is -2.23. The first kappa shape index (κ1) is 16.8. The van der Waals surface area contributed by atoms with E-state index in [0.29, 0.717) is 27.9 Å². The molecule has 3 aromatic rings. The van der Waals surface area contributed by atoms with Crippen molar-refractivity contribution in [1.82, 2.24) is 9.78 Å². The number of hydrogen-bond donors (Lipinski definition) is 2. The van der Waals surface area contributed by atoms with Crippen LogP contribution in [0, 0.1) is 0 Å². The van der Waals surface area contributed by atoms with E-state index in [0.717, 1.165) is 4.68 Å². The molecule has 1 atom stereocenters. The fourth-order valence-electron chi connectivity index (χ4n) is 2.94. The molecule has 8 heteroatoms. The molecule has 0 saturated heterocycles. The Kier molecular flexibility index (Phi) is 3.88. The highest BCUT2D eigenvalue weighted by molar-refractivity contribution is 6.11. The quantitative estimate of drug-likeness (QED) is 0.723. The van der Waals surface area contributed by atoms with Gasteiger partial charge in [0.2, 0.25) is 0 Å². The zero-order valence-electron chi connectivity index (χ0n) is 14.6. The fourth-order valence-corrected chi connectivity index (χ4v) is 2.94. The molecule has 0 fully saturated rings. The van der Waals surface area contributed by atoms with Gasteiger partial charge in [0.15, 0.2) is 11.8 Å². The molecule has 4 rings (SSSR count). The normalized spacial score (nSPS) is 15.6. The Bertz CT molecular complexity index is 1150. The highest BCUT2D eigenvalue weighted by atomic mass is 16.5. The van der Waals surface area contributed by atoms with Crippen molar-refractivity contribution >= 4 is 34.0 Å². The van der Waals surface area contributed by atoms with Gasteiger partial charge in [-0.3, -0.25) is 14.4 Å². The van der Waals surface area contributed by atoms with E-state index in [1.165, 1.54) is 7.05 Å². The van der Waals surface area contributed by atoms with Gasteiger partial charge in [-0.25, -0.2) is 4.68 Å². The first-order valence-corrected chi connectivity index (χ1v) is 8.33. The Morgan fingerprint density at radius 1 is 1.19 bits per heavy atom. The summed E-state index contributed by atoms with van der Waals surface area (Å²) in [6.07, 6.45) is -0.570. The van der Waals surface area contributed by atoms with E-state index >= 15 is 0 Å². The molecule has 27 heavy (non-hydrogen) atoms. The van der Waals surface area contributed by atoms with Crippen LogP contribution in [0.3, 0.4) is 0 Å². The number of hydrogen-bond acceptors (Lipinski definition) is 5. The molecule has 8 nitrogen and oxygen atoms in total. The lowest BCUT2D eigenvalue weighted by molar-refractivity contribution is -0.122. The van der Waals surface area contributed by atoms with Gasteiger partial charge in [0.25, 0.3) is 17.4 Å². The molecule has 2 amide bonds. The second-order valence-electron chi connectivity index (χ2n) is 6.24. The Balaban J connectivity index is 1.69. The second-order valence-corrected chi connectivity index (χ2v) is 6.24. The predicted octanol–water partition coefficient (Wildman–Crippen LogP) is 1.91. The molecule has 136 valence electrons. The molecule has 0 bridgehead atoms. The summed E-state index contributed by atoms with van der Waals surface area (Å²) in [5.41, 5.74) is 0.815. The van der Waals surface area contributed by atoms with Gasteiger partial charge < -0.3 is 15.4 Å². The number of carbonyl (C=O) groups is 2. The number of nitrogens with one attached hydrogen (secondary N) is 2. The topological polar surface area (TPSA) is 102 Å². The third kappa shape index (κ3) is 2.91. The Morgan fingerprint density at radius 2 is 1.93 bits per heavy atom. The van der Waals surface area contributed by atoms with Crippen molar-refractivity contribution in [2.75, 3.05) is 10.6 Å². The van der Waals surface area contributed by atoms with E-state index in [9.17, 15) is 14.4 Å². The van der Waals surface area contributed by atoms with Crippen LogP contribution in [-0.4, -0.2) is 27.7 Å². The standard InChI is InChI=1S/C19H16N4O4/c1-10-17(24)21-14-9-11(7-8-15(14)27-10)20-18(25)16-12-5-3-4-6-13(12)19(26)23(2)22-16/h3-10H,1-2H3,(H,20,25)(H,21,24)/t10-/m0/s1. The average Bonchev–Trinajstić information content (AvgIpc) is 2.66. The van der Waals surface area contributed by atoms with E-state index in [2.05, 4.69) is 15.7 Å². The van der Waals surface area contributed by atoms with Crippen LogP contribution in [0.2, 0.25) is 0 Å². The molecule has 1 aliphatic heterocycles. The Morgan fingerprint density at radius 3 is 2.70 bits per heavy atom. The highest BCUT2D eigenvalue weighted by Crippen LogP contribution is 2.32. The summed E-state index contributed by atoms with van der Waals surface area (Å²) < 4.78 is 6.64. The van der Waals surface area contributed by atoms with Gasteiger partial charge in [-0.15, -0.1) is 0 Å². The molecular weight excluding hydrogens is 348 g/mol. The SMILES string of the molecule is C[C@@H]1Oc2ccc(NC(=O)c3nn(C)c(=O)c4ccccc34)cc2NC1=O. The van der Waals surface area contributed by atoms with Gasteiger partial charge in [-0.1, -0.05) is 18.2 Å². The van der Waals surface area contributed by atoms with Crippen LogP contribution >= 0.6 is 0 Å². The van der Waals surface area contributed by atoms with Crippen molar-refractivity contribution in [3.63, 3.8) is 0 Å².